The largest absolute Gasteiger partial charge is 0.462 e. The maximum Gasteiger partial charge on any atom is 0.340 e. The molecular weight excluding hydrogens is 266 g/mol. The molecule has 21 heavy (non-hydrogen) atoms. The molecule has 0 bridgehead atoms. The van der Waals surface area contributed by atoms with Gasteiger partial charge in [-0.1, -0.05) is 19.9 Å². The van der Waals surface area contributed by atoms with Gasteiger partial charge in [0.25, 0.3) is 0 Å². The van der Waals surface area contributed by atoms with Crippen LogP contribution in [0.25, 0.3) is 5.69 Å². The summed E-state index contributed by atoms with van der Waals surface area (Å²) in [7, 11) is 0. The van der Waals surface area contributed by atoms with E-state index in [0.717, 1.165) is 29.9 Å². The minimum atomic E-state index is -0.405. The summed E-state index contributed by atoms with van der Waals surface area (Å²) in [6.45, 7) is 6.22. The highest BCUT2D eigenvalue weighted by Gasteiger charge is 2.16. The normalized spacial score (nSPS) is 10.6. The number of carbonyl (C=O) groups is 1. The summed E-state index contributed by atoms with van der Waals surface area (Å²) in [5, 5.41) is 4.56. The van der Waals surface area contributed by atoms with E-state index in [4.69, 9.17) is 10.5 Å². The van der Waals surface area contributed by atoms with E-state index in [1.165, 1.54) is 0 Å². The number of ether oxygens (including phenoxy) is 1. The lowest BCUT2D eigenvalue weighted by molar-refractivity contribution is 0.0527. The smallest absolute Gasteiger partial charge is 0.340 e. The van der Waals surface area contributed by atoms with E-state index in [-0.39, 0.29) is 0 Å². The van der Waals surface area contributed by atoms with Crippen molar-refractivity contribution in [3.05, 3.63) is 41.2 Å². The SMILES string of the molecule is CCOC(=O)c1cccc(-n2nc(CC)cc2CC)c1N. The van der Waals surface area contributed by atoms with Gasteiger partial charge >= 0.3 is 5.97 Å². The van der Waals surface area contributed by atoms with Crippen molar-refractivity contribution in [3.63, 3.8) is 0 Å². The molecule has 0 saturated carbocycles. The van der Waals surface area contributed by atoms with Crippen molar-refractivity contribution in [2.75, 3.05) is 12.3 Å². The quantitative estimate of drug-likeness (QED) is 0.678. The van der Waals surface area contributed by atoms with Gasteiger partial charge in [-0.25, -0.2) is 9.48 Å². The van der Waals surface area contributed by atoms with Crippen LogP contribution in [0.2, 0.25) is 0 Å². The molecular formula is C16H21N3O2. The zero-order valence-electron chi connectivity index (χ0n) is 12.7. The molecule has 0 amide bonds. The number of aromatic nitrogens is 2. The molecule has 0 atom stereocenters. The lowest BCUT2D eigenvalue weighted by Gasteiger charge is -2.12. The van der Waals surface area contributed by atoms with Crippen LogP contribution in [0.1, 0.15) is 42.5 Å². The Morgan fingerprint density at radius 1 is 1.29 bits per heavy atom. The fraction of sp³-hybridized carbons (Fsp3) is 0.375. The number of benzene rings is 1. The summed E-state index contributed by atoms with van der Waals surface area (Å²) in [5.74, 6) is -0.405. The lowest BCUT2D eigenvalue weighted by atomic mass is 10.1. The second-order valence-corrected chi connectivity index (χ2v) is 4.70. The third-order valence-corrected chi connectivity index (χ3v) is 3.36. The highest BCUT2D eigenvalue weighted by Crippen LogP contribution is 2.24. The Hall–Kier alpha value is -2.30. The molecule has 0 aliphatic rings. The molecule has 1 heterocycles. The van der Waals surface area contributed by atoms with Gasteiger partial charge in [-0.15, -0.1) is 0 Å². The van der Waals surface area contributed by atoms with Crippen LogP contribution in [0.15, 0.2) is 24.3 Å². The van der Waals surface area contributed by atoms with Crippen LogP contribution in [0.4, 0.5) is 5.69 Å². The third kappa shape index (κ3) is 2.91. The van der Waals surface area contributed by atoms with Gasteiger partial charge in [0.2, 0.25) is 0 Å². The number of nitrogen functional groups attached to an aromatic ring is 1. The fourth-order valence-electron chi connectivity index (χ4n) is 2.23. The van der Waals surface area contributed by atoms with Gasteiger partial charge < -0.3 is 10.5 Å². The highest BCUT2D eigenvalue weighted by molar-refractivity contribution is 5.97. The van der Waals surface area contributed by atoms with E-state index in [1.54, 1.807) is 19.1 Å². The number of hydrogen-bond acceptors (Lipinski definition) is 4. The summed E-state index contributed by atoms with van der Waals surface area (Å²) in [4.78, 5) is 11.9. The van der Waals surface area contributed by atoms with E-state index in [0.29, 0.717) is 17.9 Å². The minimum absolute atomic E-state index is 0.324. The summed E-state index contributed by atoms with van der Waals surface area (Å²) in [6.07, 6.45) is 1.70. The van der Waals surface area contributed by atoms with Gasteiger partial charge in [0.1, 0.15) is 0 Å². The van der Waals surface area contributed by atoms with Crippen molar-refractivity contribution in [2.24, 2.45) is 0 Å². The first-order valence-electron chi connectivity index (χ1n) is 7.26. The molecule has 112 valence electrons. The van der Waals surface area contributed by atoms with E-state index in [2.05, 4.69) is 25.0 Å². The van der Waals surface area contributed by atoms with Crippen molar-refractivity contribution in [3.8, 4) is 5.69 Å². The number of nitrogens with zero attached hydrogens (tertiary/aromatic N) is 2. The Bertz CT molecular complexity index is 647. The molecule has 0 radical (unpaired) electrons. The van der Waals surface area contributed by atoms with Crippen LogP contribution in [-0.2, 0) is 17.6 Å². The standard InChI is InChI=1S/C16H21N3O2/c1-4-11-10-12(5-2)19(18-11)14-9-7-8-13(15(14)17)16(20)21-6-3/h7-10H,4-6,17H2,1-3H3. The maximum atomic E-state index is 11.9. The van der Waals surface area contributed by atoms with Crippen molar-refractivity contribution in [2.45, 2.75) is 33.6 Å². The van der Waals surface area contributed by atoms with E-state index >= 15 is 0 Å². The molecule has 2 N–H and O–H groups in total. The van der Waals surface area contributed by atoms with Crippen molar-refractivity contribution >= 4 is 11.7 Å². The molecule has 0 spiro atoms. The Labute approximate surface area is 124 Å². The average Bonchev–Trinajstić information content (AvgIpc) is 2.91. The Morgan fingerprint density at radius 2 is 2.05 bits per heavy atom. The van der Waals surface area contributed by atoms with Crippen molar-refractivity contribution in [1.29, 1.82) is 0 Å². The Balaban J connectivity index is 2.52. The molecule has 2 rings (SSSR count). The van der Waals surface area contributed by atoms with Crippen LogP contribution in [0.3, 0.4) is 0 Å². The van der Waals surface area contributed by atoms with E-state index < -0.39 is 5.97 Å². The maximum absolute atomic E-state index is 11.9. The molecule has 5 nitrogen and oxygen atoms in total. The van der Waals surface area contributed by atoms with E-state index in [1.807, 2.05) is 10.7 Å². The predicted molar refractivity (Wildman–Crippen MR) is 82.7 cm³/mol. The van der Waals surface area contributed by atoms with Crippen LogP contribution < -0.4 is 5.73 Å². The first-order chi connectivity index (χ1) is 10.1. The number of carbonyl (C=O) groups excluding carboxylic acids is 1. The molecule has 5 heteroatoms. The zero-order valence-corrected chi connectivity index (χ0v) is 12.7. The van der Waals surface area contributed by atoms with Gasteiger partial charge in [0, 0.05) is 5.69 Å². The predicted octanol–water partition coefficient (Wildman–Crippen LogP) is 2.76. The highest BCUT2D eigenvalue weighted by atomic mass is 16.5. The average molecular weight is 287 g/mol. The molecule has 0 saturated heterocycles. The number of hydrogen-bond donors (Lipinski definition) is 1. The Kier molecular flexibility index (Phi) is 4.62. The molecule has 0 aliphatic carbocycles. The topological polar surface area (TPSA) is 70.1 Å². The van der Waals surface area contributed by atoms with Crippen LogP contribution in [0.5, 0.6) is 0 Å². The van der Waals surface area contributed by atoms with Gasteiger partial charge in [0.15, 0.2) is 0 Å². The third-order valence-electron chi connectivity index (χ3n) is 3.36. The van der Waals surface area contributed by atoms with Gasteiger partial charge in [0.05, 0.1) is 29.2 Å². The van der Waals surface area contributed by atoms with Gasteiger partial charge in [-0.2, -0.15) is 5.10 Å². The summed E-state index contributed by atoms with van der Waals surface area (Å²) in [5.41, 5.74) is 9.73. The molecule has 1 aromatic heterocycles. The second-order valence-electron chi connectivity index (χ2n) is 4.70. The lowest BCUT2D eigenvalue weighted by Crippen LogP contribution is -2.12. The van der Waals surface area contributed by atoms with Crippen molar-refractivity contribution < 1.29 is 9.53 Å². The van der Waals surface area contributed by atoms with Crippen LogP contribution >= 0.6 is 0 Å². The summed E-state index contributed by atoms with van der Waals surface area (Å²) >= 11 is 0. The summed E-state index contributed by atoms with van der Waals surface area (Å²) < 4.78 is 6.85. The number of esters is 1. The number of aryl methyl sites for hydroxylation is 2. The number of anilines is 1. The number of para-hydroxylation sites is 1. The van der Waals surface area contributed by atoms with Gasteiger partial charge in [-0.05, 0) is 38.0 Å². The molecule has 2 aromatic rings. The van der Waals surface area contributed by atoms with Crippen LogP contribution in [0, 0.1) is 0 Å². The van der Waals surface area contributed by atoms with Crippen LogP contribution in [-0.4, -0.2) is 22.4 Å². The Morgan fingerprint density at radius 3 is 2.67 bits per heavy atom. The number of nitrogens with two attached hydrogens (primary N) is 1. The van der Waals surface area contributed by atoms with Crippen molar-refractivity contribution in [1.82, 2.24) is 9.78 Å². The monoisotopic (exact) mass is 287 g/mol. The number of rotatable bonds is 5. The molecule has 1 aromatic carbocycles. The van der Waals surface area contributed by atoms with Gasteiger partial charge in [-0.3, -0.25) is 0 Å². The minimum Gasteiger partial charge on any atom is -0.462 e. The first kappa shape index (κ1) is 15.1. The fourth-order valence-corrected chi connectivity index (χ4v) is 2.23. The second kappa shape index (κ2) is 6.43. The molecule has 0 aliphatic heterocycles. The summed E-state index contributed by atoms with van der Waals surface area (Å²) in [6, 6.07) is 7.40. The zero-order chi connectivity index (χ0) is 15.4. The first-order valence-corrected chi connectivity index (χ1v) is 7.26. The molecule has 0 fully saturated rings. The molecule has 0 unspecified atom stereocenters. The van der Waals surface area contributed by atoms with E-state index in [9.17, 15) is 4.79 Å².